The average molecular weight is 353 g/mol. The summed E-state index contributed by atoms with van der Waals surface area (Å²) >= 11 is 1.70. The molecule has 0 heterocycles. The average Bonchev–Trinajstić information content (AvgIpc) is 2.58. The van der Waals surface area contributed by atoms with Crippen LogP contribution in [0.2, 0.25) is 0 Å². The SMILES string of the molecule is CCC(C)C(NC(=O)CN(C)Cc1ccc(SC)cc1)C(=O)OC. The summed E-state index contributed by atoms with van der Waals surface area (Å²) in [6, 6.07) is 7.68. The van der Waals surface area contributed by atoms with E-state index in [-0.39, 0.29) is 18.4 Å². The van der Waals surface area contributed by atoms with Gasteiger partial charge in [-0.2, -0.15) is 0 Å². The van der Waals surface area contributed by atoms with Crippen LogP contribution in [0.1, 0.15) is 25.8 Å². The first-order valence-electron chi connectivity index (χ1n) is 8.09. The first-order chi connectivity index (χ1) is 11.4. The third-order valence-electron chi connectivity index (χ3n) is 4.01. The van der Waals surface area contributed by atoms with Gasteiger partial charge in [0.25, 0.3) is 0 Å². The minimum atomic E-state index is -0.596. The molecule has 1 aromatic rings. The number of carbonyl (C=O) groups is 2. The highest BCUT2D eigenvalue weighted by atomic mass is 32.2. The Hall–Kier alpha value is -1.53. The highest BCUT2D eigenvalue weighted by molar-refractivity contribution is 7.98. The molecular formula is C18H28N2O3S. The number of methoxy groups -OCH3 is 1. The predicted octanol–water partition coefficient (Wildman–Crippen LogP) is 2.54. The van der Waals surface area contributed by atoms with E-state index in [0.29, 0.717) is 6.54 Å². The van der Waals surface area contributed by atoms with Crippen molar-refractivity contribution in [1.29, 1.82) is 0 Å². The van der Waals surface area contributed by atoms with Crippen molar-refractivity contribution in [2.75, 3.05) is 27.0 Å². The fourth-order valence-electron chi connectivity index (χ4n) is 2.36. The predicted molar refractivity (Wildman–Crippen MR) is 98.0 cm³/mol. The van der Waals surface area contributed by atoms with Crippen molar-refractivity contribution < 1.29 is 14.3 Å². The summed E-state index contributed by atoms with van der Waals surface area (Å²) in [6.45, 7) is 4.82. The standard InChI is InChI=1S/C18H28N2O3S/c1-6-13(2)17(18(22)23-4)19-16(21)12-20(3)11-14-7-9-15(24-5)10-8-14/h7-10,13,17H,6,11-12H2,1-5H3,(H,19,21). The topological polar surface area (TPSA) is 58.6 Å². The van der Waals surface area contributed by atoms with Gasteiger partial charge in [0, 0.05) is 11.4 Å². The van der Waals surface area contributed by atoms with Crippen LogP contribution in [-0.2, 0) is 20.9 Å². The number of benzene rings is 1. The highest BCUT2D eigenvalue weighted by Gasteiger charge is 2.26. The van der Waals surface area contributed by atoms with E-state index >= 15 is 0 Å². The number of nitrogens with zero attached hydrogens (tertiary/aromatic N) is 1. The molecule has 0 spiro atoms. The van der Waals surface area contributed by atoms with Crippen LogP contribution in [0.25, 0.3) is 0 Å². The van der Waals surface area contributed by atoms with E-state index in [1.807, 2.05) is 32.1 Å². The summed E-state index contributed by atoms with van der Waals surface area (Å²) in [6.07, 6.45) is 2.83. The Kier molecular flexibility index (Phi) is 8.85. The third kappa shape index (κ3) is 6.53. The molecule has 0 radical (unpaired) electrons. The molecule has 0 aliphatic heterocycles. The molecule has 0 fully saturated rings. The molecule has 1 aromatic carbocycles. The summed E-state index contributed by atoms with van der Waals surface area (Å²) in [5, 5.41) is 2.79. The van der Waals surface area contributed by atoms with Gasteiger partial charge in [0.1, 0.15) is 6.04 Å². The number of rotatable bonds is 9. The van der Waals surface area contributed by atoms with Crippen molar-refractivity contribution in [2.45, 2.75) is 37.8 Å². The maximum atomic E-state index is 12.2. The number of ether oxygens (including phenoxy) is 1. The number of carbonyl (C=O) groups excluding carboxylic acids is 2. The van der Waals surface area contributed by atoms with Gasteiger partial charge in [-0.05, 0) is 36.9 Å². The van der Waals surface area contributed by atoms with Crippen molar-refractivity contribution in [3.05, 3.63) is 29.8 Å². The number of hydrogen-bond donors (Lipinski definition) is 1. The fraction of sp³-hybridized carbons (Fsp3) is 0.556. The quantitative estimate of drug-likeness (QED) is 0.547. The Morgan fingerprint density at radius 1 is 1.29 bits per heavy atom. The largest absolute Gasteiger partial charge is 0.467 e. The number of thioether (sulfide) groups is 1. The van der Waals surface area contributed by atoms with E-state index in [0.717, 1.165) is 12.0 Å². The van der Waals surface area contributed by atoms with E-state index in [1.165, 1.54) is 12.0 Å². The lowest BCUT2D eigenvalue weighted by molar-refractivity contribution is -0.146. The van der Waals surface area contributed by atoms with Gasteiger partial charge in [0.05, 0.1) is 13.7 Å². The van der Waals surface area contributed by atoms with Crippen LogP contribution in [-0.4, -0.2) is 49.8 Å². The summed E-state index contributed by atoms with van der Waals surface area (Å²) in [7, 11) is 3.23. The van der Waals surface area contributed by atoms with Gasteiger partial charge < -0.3 is 10.1 Å². The molecular weight excluding hydrogens is 324 g/mol. The number of likely N-dealkylation sites (N-methyl/N-ethyl adjacent to an activating group) is 1. The van der Waals surface area contributed by atoms with Gasteiger partial charge in [0.2, 0.25) is 5.91 Å². The Labute approximate surface area is 149 Å². The van der Waals surface area contributed by atoms with Gasteiger partial charge >= 0.3 is 5.97 Å². The van der Waals surface area contributed by atoms with Crippen molar-refractivity contribution in [3.63, 3.8) is 0 Å². The molecule has 0 bridgehead atoms. The highest BCUT2D eigenvalue weighted by Crippen LogP contribution is 2.15. The number of esters is 1. The Morgan fingerprint density at radius 2 is 1.92 bits per heavy atom. The van der Waals surface area contributed by atoms with E-state index in [9.17, 15) is 9.59 Å². The van der Waals surface area contributed by atoms with Crippen LogP contribution in [0, 0.1) is 5.92 Å². The lowest BCUT2D eigenvalue weighted by Gasteiger charge is -2.23. The molecule has 1 N–H and O–H groups in total. The second kappa shape index (κ2) is 10.4. The molecule has 2 unspecified atom stereocenters. The minimum Gasteiger partial charge on any atom is -0.467 e. The molecule has 1 rings (SSSR count). The summed E-state index contributed by atoms with van der Waals surface area (Å²) in [4.78, 5) is 27.2. The number of hydrogen-bond acceptors (Lipinski definition) is 5. The second-order valence-corrected chi connectivity index (χ2v) is 6.85. The molecule has 0 aliphatic carbocycles. The van der Waals surface area contributed by atoms with Crippen LogP contribution in [0.3, 0.4) is 0 Å². The van der Waals surface area contributed by atoms with E-state index in [1.54, 1.807) is 11.8 Å². The number of amides is 1. The molecule has 2 atom stereocenters. The van der Waals surface area contributed by atoms with Crippen LogP contribution >= 0.6 is 11.8 Å². The van der Waals surface area contributed by atoms with Gasteiger partial charge in [0.15, 0.2) is 0 Å². The molecule has 5 nitrogen and oxygen atoms in total. The zero-order chi connectivity index (χ0) is 18.1. The van der Waals surface area contributed by atoms with E-state index in [2.05, 4.69) is 29.6 Å². The normalized spacial score (nSPS) is 13.4. The molecule has 0 saturated carbocycles. The molecule has 1 amide bonds. The van der Waals surface area contributed by atoms with Gasteiger partial charge in [-0.3, -0.25) is 9.69 Å². The van der Waals surface area contributed by atoms with Crippen LogP contribution < -0.4 is 5.32 Å². The Bertz CT molecular complexity index is 534. The maximum Gasteiger partial charge on any atom is 0.328 e. The third-order valence-corrected chi connectivity index (χ3v) is 4.75. The summed E-state index contributed by atoms with van der Waals surface area (Å²) < 4.78 is 4.79. The molecule has 24 heavy (non-hydrogen) atoms. The molecule has 134 valence electrons. The van der Waals surface area contributed by atoms with Gasteiger partial charge in [-0.1, -0.05) is 32.4 Å². The molecule has 0 saturated heterocycles. The van der Waals surface area contributed by atoms with Crippen molar-refractivity contribution >= 4 is 23.6 Å². The summed E-state index contributed by atoms with van der Waals surface area (Å²) in [5.41, 5.74) is 1.15. The van der Waals surface area contributed by atoms with Crippen molar-refractivity contribution in [2.24, 2.45) is 5.92 Å². The zero-order valence-electron chi connectivity index (χ0n) is 15.2. The lowest BCUT2D eigenvalue weighted by atomic mass is 9.99. The van der Waals surface area contributed by atoms with Crippen molar-refractivity contribution in [3.8, 4) is 0 Å². The molecule has 0 aromatic heterocycles. The van der Waals surface area contributed by atoms with Crippen LogP contribution in [0.4, 0.5) is 0 Å². The second-order valence-electron chi connectivity index (χ2n) is 5.97. The monoisotopic (exact) mass is 352 g/mol. The van der Waals surface area contributed by atoms with Crippen LogP contribution in [0.5, 0.6) is 0 Å². The first-order valence-corrected chi connectivity index (χ1v) is 9.32. The van der Waals surface area contributed by atoms with Crippen LogP contribution in [0.15, 0.2) is 29.2 Å². The van der Waals surface area contributed by atoms with E-state index < -0.39 is 12.0 Å². The lowest BCUT2D eigenvalue weighted by Crippen LogP contribution is -2.48. The Balaban J connectivity index is 2.56. The number of nitrogens with one attached hydrogen (secondary N) is 1. The zero-order valence-corrected chi connectivity index (χ0v) is 16.0. The van der Waals surface area contributed by atoms with Crippen molar-refractivity contribution in [1.82, 2.24) is 10.2 Å². The maximum absolute atomic E-state index is 12.2. The fourth-order valence-corrected chi connectivity index (χ4v) is 2.77. The summed E-state index contributed by atoms with van der Waals surface area (Å²) in [5.74, 6) is -0.535. The van der Waals surface area contributed by atoms with Gasteiger partial charge in [-0.25, -0.2) is 4.79 Å². The smallest absolute Gasteiger partial charge is 0.328 e. The van der Waals surface area contributed by atoms with E-state index in [4.69, 9.17) is 4.74 Å². The first kappa shape index (κ1) is 20.5. The Morgan fingerprint density at radius 3 is 2.42 bits per heavy atom. The molecule has 6 heteroatoms. The van der Waals surface area contributed by atoms with Gasteiger partial charge in [-0.15, -0.1) is 11.8 Å². The minimum absolute atomic E-state index is 0.0331. The molecule has 0 aliphatic rings.